The van der Waals surface area contributed by atoms with E-state index in [1.165, 1.54) is 11.3 Å². The number of ether oxygens (including phenoxy) is 2. The summed E-state index contributed by atoms with van der Waals surface area (Å²) in [6.07, 6.45) is 1.69. The summed E-state index contributed by atoms with van der Waals surface area (Å²) in [6.45, 7) is 5.83. The highest BCUT2D eigenvalue weighted by atomic mass is 16.5. The molecule has 21 heavy (non-hydrogen) atoms. The molecular formula is C17H25NO3. The second kappa shape index (κ2) is 6.77. The first kappa shape index (κ1) is 14.8. The Morgan fingerprint density at radius 2 is 2.10 bits per heavy atom. The summed E-state index contributed by atoms with van der Waals surface area (Å²) >= 11 is 0. The molecule has 0 aromatic heterocycles. The molecular weight excluding hydrogens is 266 g/mol. The van der Waals surface area contributed by atoms with E-state index in [1.54, 1.807) is 0 Å². The van der Waals surface area contributed by atoms with E-state index in [-0.39, 0.29) is 6.10 Å². The summed E-state index contributed by atoms with van der Waals surface area (Å²) in [5.41, 5.74) is 2.64. The van der Waals surface area contributed by atoms with Crippen molar-refractivity contribution in [1.29, 1.82) is 0 Å². The predicted molar refractivity (Wildman–Crippen MR) is 82.9 cm³/mol. The van der Waals surface area contributed by atoms with Crippen LogP contribution in [0.25, 0.3) is 0 Å². The van der Waals surface area contributed by atoms with Crippen LogP contribution in [0, 0.1) is 0 Å². The van der Waals surface area contributed by atoms with Gasteiger partial charge in [0, 0.05) is 37.9 Å². The third-order valence-corrected chi connectivity index (χ3v) is 4.43. The largest absolute Gasteiger partial charge is 0.389 e. The minimum atomic E-state index is -0.439. The zero-order valence-electron chi connectivity index (χ0n) is 12.7. The van der Waals surface area contributed by atoms with Crippen LogP contribution in [0.4, 0.5) is 5.69 Å². The van der Waals surface area contributed by atoms with Crippen LogP contribution in [0.2, 0.25) is 0 Å². The van der Waals surface area contributed by atoms with Crippen molar-refractivity contribution >= 4 is 5.69 Å². The lowest BCUT2D eigenvalue weighted by Crippen LogP contribution is -2.36. The second-order valence-electron chi connectivity index (χ2n) is 6.16. The number of anilines is 1. The van der Waals surface area contributed by atoms with Crippen LogP contribution in [0.15, 0.2) is 24.3 Å². The van der Waals surface area contributed by atoms with Crippen molar-refractivity contribution in [3.8, 4) is 0 Å². The van der Waals surface area contributed by atoms with Crippen LogP contribution < -0.4 is 4.90 Å². The standard InChI is InChI=1S/C17H25NO3/c1-13-10-18(17-5-3-2-4-16(13)17)11-14(19)12-21-15-6-8-20-9-7-15/h2-5,13-15,19H,6-12H2,1H3. The molecule has 0 radical (unpaired) electrons. The molecule has 0 spiro atoms. The third kappa shape index (κ3) is 3.57. The van der Waals surface area contributed by atoms with Crippen molar-refractivity contribution in [1.82, 2.24) is 0 Å². The summed E-state index contributed by atoms with van der Waals surface area (Å²) in [7, 11) is 0. The maximum atomic E-state index is 10.3. The summed E-state index contributed by atoms with van der Waals surface area (Å²) in [5.74, 6) is 0.532. The molecule has 2 heterocycles. The number of aliphatic hydroxyl groups is 1. The average Bonchev–Trinajstić information content (AvgIpc) is 2.83. The molecule has 1 saturated heterocycles. The van der Waals surface area contributed by atoms with Gasteiger partial charge in [-0.05, 0) is 24.5 Å². The molecule has 116 valence electrons. The van der Waals surface area contributed by atoms with Crippen LogP contribution in [0.3, 0.4) is 0 Å². The number of hydrogen-bond acceptors (Lipinski definition) is 4. The van der Waals surface area contributed by atoms with Crippen molar-refractivity contribution < 1.29 is 14.6 Å². The molecule has 1 N–H and O–H groups in total. The smallest absolute Gasteiger partial charge is 0.0948 e. The molecule has 2 aliphatic heterocycles. The quantitative estimate of drug-likeness (QED) is 0.903. The molecule has 2 aliphatic rings. The van der Waals surface area contributed by atoms with E-state index in [0.29, 0.717) is 19.1 Å². The summed E-state index contributed by atoms with van der Waals surface area (Å²) < 4.78 is 11.1. The first-order valence-electron chi connectivity index (χ1n) is 7.95. The normalized spacial score (nSPS) is 24.1. The van der Waals surface area contributed by atoms with Gasteiger partial charge in [-0.2, -0.15) is 0 Å². The highest BCUT2D eigenvalue weighted by Crippen LogP contribution is 2.35. The summed E-state index contributed by atoms with van der Waals surface area (Å²) in [5, 5.41) is 10.3. The first-order valence-corrected chi connectivity index (χ1v) is 7.95. The number of rotatable bonds is 5. The van der Waals surface area contributed by atoms with Crippen molar-refractivity contribution in [2.24, 2.45) is 0 Å². The monoisotopic (exact) mass is 291 g/mol. The van der Waals surface area contributed by atoms with Gasteiger partial charge >= 0.3 is 0 Å². The highest BCUT2D eigenvalue weighted by Gasteiger charge is 2.26. The van der Waals surface area contributed by atoms with E-state index in [2.05, 4.69) is 36.1 Å². The van der Waals surface area contributed by atoms with Crippen LogP contribution in [0.5, 0.6) is 0 Å². The van der Waals surface area contributed by atoms with Gasteiger partial charge in [-0.25, -0.2) is 0 Å². The maximum absolute atomic E-state index is 10.3. The van der Waals surface area contributed by atoms with Gasteiger partial charge < -0.3 is 19.5 Å². The maximum Gasteiger partial charge on any atom is 0.0948 e. The number of benzene rings is 1. The molecule has 0 amide bonds. The highest BCUT2D eigenvalue weighted by molar-refractivity contribution is 5.59. The van der Waals surface area contributed by atoms with Crippen molar-refractivity contribution in [3.63, 3.8) is 0 Å². The first-order chi connectivity index (χ1) is 10.2. The Balaban J connectivity index is 1.50. The summed E-state index contributed by atoms with van der Waals surface area (Å²) in [4.78, 5) is 2.28. The number of nitrogens with zero attached hydrogens (tertiary/aromatic N) is 1. The second-order valence-corrected chi connectivity index (χ2v) is 6.16. The molecule has 4 heteroatoms. The van der Waals surface area contributed by atoms with Crippen molar-refractivity contribution in [3.05, 3.63) is 29.8 Å². The van der Waals surface area contributed by atoms with Gasteiger partial charge in [-0.3, -0.25) is 0 Å². The Morgan fingerprint density at radius 3 is 2.90 bits per heavy atom. The number of aliphatic hydroxyl groups excluding tert-OH is 1. The Bertz CT molecular complexity index is 459. The zero-order valence-corrected chi connectivity index (χ0v) is 12.7. The molecule has 1 aromatic carbocycles. The fraction of sp³-hybridized carbons (Fsp3) is 0.647. The lowest BCUT2D eigenvalue weighted by Gasteiger charge is -2.26. The molecule has 0 aliphatic carbocycles. The van der Waals surface area contributed by atoms with E-state index in [1.807, 2.05) is 0 Å². The molecule has 4 nitrogen and oxygen atoms in total. The fourth-order valence-electron chi connectivity index (χ4n) is 3.29. The Labute approximate surface area is 126 Å². The van der Waals surface area contributed by atoms with Crippen molar-refractivity contribution in [2.45, 2.75) is 37.9 Å². The SMILES string of the molecule is CC1CN(CC(O)COC2CCOCC2)c2ccccc21. The average molecular weight is 291 g/mol. The minimum Gasteiger partial charge on any atom is -0.389 e. The molecule has 1 aromatic rings. The lowest BCUT2D eigenvalue weighted by atomic mass is 10.0. The predicted octanol–water partition coefficient (Wildman–Crippen LogP) is 2.17. The molecule has 1 fully saturated rings. The Hall–Kier alpha value is -1.10. The van der Waals surface area contributed by atoms with Gasteiger partial charge in [0.15, 0.2) is 0 Å². The Kier molecular flexibility index (Phi) is 4.78. The van der Waals surface area contributed by atoms with Gasteiger partial charge in [0.25, 0.3) is 0 Å². The van der Waals surface area contributed by atoms with Gasteiger partial charge in [0.1, 0.15) is 0 Å². The lowest BCUT2D eigenvalue weighted by molar-refractivity contribution is -0.0574. The van der Waals surface area contributed by atoms with Gasteiger partial charge in [-0.15, -0.1) is 0 Å². The number of fused-ring (bicyclic) bond motifs is 1. The number of β-amino-alcohol motifs (C(OH)–C–C–N with tert-alkyl or cyclic N) is 1. The molecule has 2 unspecified atom stereocenters. The number of hydrogen-bond donors (Lipinski definition) is 1. The zero-order chi connectivity index (χ0) is 14.7. The number of para-hydroxylation sites is 1. The van der Waals surface area contributed by atoms with Crippen molar-refractivity contribution in [2.75, 3.05) is 37.8 Å². The van der Waals surface area contributed by atoms with Crippen LogP contribution >= 0.6 is 0 Å². The van der Waals surface area contributed by atoms with Gasteiger partial charge in [0.05, 0.1) is 18.8 Å². The molecule has 3 rings (SSSR count). The van der Waals surface area contributed by atoms with Gasteiger partial charge in [-0.1, -0.05) is 25.1 Å². The molecule has 0 bridgehead atoms. The molecule has 2 atom stereocenters. The van der Waals surface area contributed by atoms with E-state index >= 15 is 0 Å². The van der Waals surface area contributed by atoms with E-state index in [9.17, 15) is 5.11 Å². The van der Waals surface area contributed by atoms with Crippen LogP contribution in [-0.4, -0.2) is 50.2 Å². The molecule has 0 saturated carbocycles. The Morgan fingerprint density at radius 1 is 1.33 bits per heavy atom. The van der Waals surface area contributed by atoms with Crippen LogP contribution in [0.1, 0.15) is 31.2 Å². The fourth-order valence-corrected chi connectivity index (χ4v) is 3.29. The summed E-state index contributed by atoms with van der Waals surface area (Å²) in [6, 6.07) is 8.48. The van der Waals surface area contributed by atoms with E-state index in [0.717, 1.165) is 32.6 Å². The third-order valence-electron chi connectivity index (χ3n) is 4.43. The van der Waals surface area contributed by atoms with Crippen LogP contribution in [-0.2, 0) is 9.47 Å². The topological polar surface area (TPSA) is 41.9 Å². The minimum absolute atomic E-state index is 0.248. The van der Waals surface area contributed by atoms with Gasteiger partial charge in [0.2, 0.25) is 0 Å². The van der Waals surface area contributed by atoms with E-state index in [4.69, 9.17) is 9.47 Å². The van der Waals surface area contributed by atoms with E-state index < -0.39 is 6.10 Å².